The Hall–Kier alpha value is -1.83. The molecule has 122 valence electrons. The lowest BCUT2D eigenvalue weighted by molar-refractivity contribution is -0.0693. The van der Waals surface area contributed by atoms with Gasteiger partial charge in [0.25, 0.3) is 5.91 Å². The Balaban J connectivity index is 1.77. The summed E-state index contributed by atoms with van der Waals surface area (Å²) >= 11 is 1.38. The summed E-state index contributed by atoms with van der Waals surface area (Å²) in [6.45, 7) is 3.17. The van der Waals surface area contributed by atoms with E-state index in [4.69, 9.17) is 10.5 Å². The molecular weight excluding hydrogens is 317 g/mol. The number of ether oxygens (including phenoxy) is 1. The van der Waals surface area contributed by atoms with Crippen LogP contribution in [0.25, 0.3) is 0 Å². The van der Waals surface area contributed by atoms with Crippen LogP contribution in [0.1, 0.15) is 34.1 Å². The second-order valence-electron chi connectivity index (χ2n) is 5.53. The van der Waals surface area contributed by atoms with E-state index >= 15 is 0 Å². The molecule has 2 aromatic rings. The van der Waals surface area contributed by atoms with Crippen LogP contribution >= 0.6 is 11.3 Å². The molecule has 7 heteroatoms. The lowest BCUT2D eigenvalue weighted by atomic mass is 10.1. The minimum atomic E-state index is -0.290. The van der Waals surface area contributed by atoms with Crippen LogP contribution in [0.4, 0.5) is 4.39 Å². The van der Waals surface area contributed by atoms with E-state index in [1.165, 1.54) is 23.5 Å². The maximum atomic E-state index is 13.1. The van der Waals surface area contributed by atoms with Gasteiger partial charge in [-0.25, -0.2) is 9.37 Å². The van der Waals surface area contributed by atoms with Crippen molar-refractivity contribution in [2.75, 3.05) is 13.1 Å². The molecule has 0 bridgehead atoms. The second kappa shape index (κ2) is 6.74. The van der Waals surface area contributed by atoms with Crippen molar-refractivity contribution in [1.82, 2.24) is 9.88 Å². The topological polar surface area (TPSA) is 68.5 Å². The molecule has 1 fully saturated rings. The normalized spacial score (nSPS) is 21.4. The first-order valence-corrected chi connectivity index (χ1v) is 8.29. The molecule has 0 aliphatic carbocycles. The van der Waals surface area contributed by atoms with E-state index in [-0.39, 0.29) is 23.9 Å². The fourth-order valence-electron chi connectivity index (χ4n) is 2.64. The highest BCUT2D eigenvalue weighted by molar-refractivity contribution is 7.09. The monoisotopic (exact) mass is 335 g/mol. The molecule has 0 unspecified atom stereocenters. The molecule has 2 N–H and O–H groups in total. The Labute approximate surface area is 137 Å². The van der Waals surface area contributed by atoms with Gasteiger partial charge in [-0.3, -0.25) is 4.79 Å². The minimum Gasteiger partial charge on any atom is -0.367 e. The summed E-state index contributed by atoms with van der Waals surface area (Å²) in [5.74, 6) is -0.412. The number of benzene rings is 1. The van der Waals surface area contributed by atoms with Crippen LogP contribution in [0.15, 0.2) is 29.6 Å². The average Bonchev–Trinajstić information content (AvgIpc) is 3.03. The van der Waals surface area contributed by atoms with E-state index in [2.05, 4.69) is 4.98 Å². The Morgan fingerprint density at radius 1 is 1.43 bits per heavy atom. The lowest BCUT2D eigenvalue weighted by Gasteiger charge is -2.36. The number of amides is 1. The summed E-state index contributed by atoms with van der Waals surface area (Å²) in [6.07, 6.45) is -0.369. The number of rotatable bonds is 3. The smallest absolute Gasteiger partial charge is 0.273 e. The average molecular weight is 335 g/mol. The molecule has 0 saturated carbocycles. The third-order valence-corrected chi connectivity index (χ3v) is 4.61. The molecule has 1 aliphatic rings. The summed E-state index contributed by atoms with van der Waals surface area (Å²) < 4.78 is 19.0. The molecule has 0 radical (unpaired) electrons. The predicted molar refractivity (Wildman–Crippen MR) is 85.6 cm³/mol. The fraction of sp³-hybridized carbons (Fsp3) is 0.375. The quantitative estimate of drug-likeness (QED) is 0.935. The van der Waals surface area contributed by atoms with E-state index < -0.39 is 0 Å². The number of nitrogens with zero attached hydrogens (tertiary/aromatic N) is 2. The van der Waals surface area contributed by atoms with Gasteiger partial charge in [-0.05, 0) is 24.6 Å². The van der Waals surface area contributed by atoms with Crippen molar-refractivity contribution in [3.8, 4) is 0 Å². The second-order valence-corrected chi connectivity index (χ2v) is 6.47. The van der Waals surface area contributed by atoms with E-state index in [9.17, 15) is 9.18 Å². The fourth-order valence-corrected chi connectivity index (χ4v) is 3.29. The molecule has 3 rings (SSSR count). The third kappa shape index (κ3) is 3.57. The largest absolute Gasteiger partial charge is 0.367 e. The zero-order valence-electron chi connectivity index (χ0n) is 12.7. The SMILES string of the molecule is C[C@@H]1CN(C(=O)c2csc(CN)n2)C[C@H](c2ccc(F)cc2)O1. The molecule has 1 aromatic carbocycles. The van der Waals surface area contributed by atoms with Gasteiger partial charge in [-0.15, -0.1) is 11.3 Å². The molecule has 23 heavy (non-hydrogen) atoms. The van der Waals surface area contributed by atoms with Crippen LogP contribution in [0.5, 0.6) is 0 Å². The maximum Gasteiger partial charge on any atom is 0.273 e. The van der Waals surface area contributed by atoms with Crippen molar-refractivity contribution in [2.24, 2.45) is 5.73 Å². The first-order chi connectivity index (χ1) is 11.1. The highest BCUT2D eigenvalue weighted by Gasteiger charge is 2.30. The number of halogens is 1. The van der Waals surface area contributed by atoms with Crippen LogP contribution in [0.3, 0.4) is 0 Å². The number of carbonyl (C=O) groups is 1. The van der Waals surface area contributed by atoms with Crippen LogP contribution in [0.2, 0.25) is 0 Å². The van der Waals surface area contributed by atoms with Gasteiger partial charge in [0, 0.05) is 18.5 Å². The highest BCUT2D eigenvalue weighted by Crippen LogP contribution is 2.26. The standard InChI is InChI=1S/C16H18FN3O2S/c1-10-7-20(16(21)13-9-23-15(6-18)19-13)8-14(22-10)11-2-4-12(17)5-3-11/h2-5,9-10,14H,6-8,18H2,1H3/t10-,14-/m1/s1. The number of hydrogen-bond donors (Lipinski definition) is 1. The van der Waals surface area contributed by atoms with E-state index in [1.54, 1.807) is 22.4 Å². The Morgan fingerprint density at radius 3 is 2.83 bits per heavy atom. The molecule has 5 nitrogen and oxygen atoms in total. The first kappa shape index (κ1) is 16.0. The number of thiazole rings is 1. The molecule has 1 amide bonds. The molecule has 1 aliphatic heterocycles. The minimum absolute atomic E-state index is 0.102. The number of aromatic nitrogens is 1. The van der Waals surface area contributed by atoms with Gasteiger partial charge in [0.05, 0.1) is 12.6 Å². The van der Waals surface area contributed by atoms with Crippen molar-refractivity contribution in [2.45, 2.75) is 25.7 Å². The maximum absolute atomic E-state index is 13.1. The van der Waals surface area contributed by atoms with Crippen LogP contribution in [-0.4, -0.2) is 35.0 Å². The lowest BCUT2D eigenvalue weighted by Crippen LogP contribution is -2.46. The highest BCUT2D eigenvalue weighted by atomic mass is 32.1. The molecule has 0 spiro atoms. The van der Waals surface area contributed by atoms with Gasteiger partial charge >= 0.3 is 0 Å². The van der Waals surface area contributed by atoms with Gasteiger partial charge in [0.15, 0.2) is 0 Å². The molecule has 1 aromatic heterocycles. The van der Waals surface area contributed by atoms with E-state index in [0.717, 1.165) is 10.6 Å². The van der Waals surface area contributed by atoms with Crippen LogP contribution in [0, 0.1) is 5.82 Å². The Bertz CT molecular complexity index is 689. The van der Waals surface area contributed by atoms with Gasteiger partial charge in [0.2, 0.25) is 0 Å². The molecule has 2 heterocycles. The number of carbonyl (C=O) groups excluding carboxylic acids is 1. The summed E-state index contributed by atoms with van der Waals surface area (Å²) in [5.41, 5.74) is 6.82. The van der Waals surface area contributed by atoms with Gasteiger partial charge in [-0.2, -0.15) is 0 Å². The number of nitrogens with two attached hydrogens (primary N) is 1. The van der Waals surface area contributed by atoms with Crippen molar-refractivity contribution < 1.29 is 13.9 Å². The summed E-state index contributed by atoms with van der Waals surface area (Å²) in [4.78, 5) is 18.6. The molecule has 1 saturated heterocycles. The summed E-state index contributed by atoms with van der Waals surface area (Å²) in [6, 6.07) is 6.18. The zero-order chi connectivity index (χ0) is 16.4. The van der Waals surface area contributed by atoms with Gasteiger partial charge < -0.3 is 15.4 Å². The molecule has 2 atom stereocenters. The zero-order valence-corrected chi connectivity index (χ0v) is 13.6. The van der Waals surface area contributed by atoms with Crippen molar-refractivity contribution in [1.29, 1.82) is 0 Å². The third-order valence-electron chi connectivity index (χ3n) is 3.73. The van der Waals surface area contributed by atoms with E-state index in [0.29, 0.717) is 25.3 Å². The number of morpholine rings is 1. The van der Waals surface area contributed by atoms with Crippen molar-refractivity contribution in [3.63, 3.8) is 0 Å². The van der Waals surface area contributed by atoms with Gasteiger partial charge in [0.1, 0.15) is 22.6 Å². The predicted octanol–water partition coefficient (Wildman–Crippen LogP) is 2.34. The van der Waals surface area contributed by atoms with E-state index in [1.807, 2.05) is 6.92 Å². The molecular formula is C16H18FN3O2S. The summed E-state index contributed by atoms with van der Waals surface area (Å²) in [7, 11) is 0. The summed E-state index contributed by atoms with van der Waals surface area (Å²) in [5, 5.41) is 2.47. The Morgan fingerprint density at radius 2 is 2.17 bits per heavy atom. The van der Waals surface area contributed by atoms with Crippen molar-refractivity contribution >= 4 is 17.2 Å². The number of hydrogen-bond acceptors (Lipinski definition) is 5. The van der Waals surface area contributed by atoms with Crippen LogP contribution < -0.4 is 5.73 Å². The van der Waals surface area contributed by atoms with Crippen molar-refractivity contribution in [3.05, 3.63) is 51.7 Å². The first-order valence-electron chi connectivity index (χ1n) is 7.41. The Kier molecular flexibility index (Phi) is 4.70. The van der Waals surface area contributed by atoms with Crippen LogP contribution in [-0.2, 0) is 11.3 Å². The van der Waals surface area contributed by atoms with Gasteiger partial charge in [-0.1, -0.05) is 12.1 Å².